The second-order valence-electron chi connectivity index (χ2n) is 9.07. The molecule has 4 aliphatic rings. The van der Waals surface area contributed by atoms with Gasteiger partial charge in [-0.1, -0.05) is 13.8 Å². The third kappa shape index (κ3) is 4.88. The smallest absolute Gasteiger partial charge is 0.123 e. The Labute approximate surface area is 161 Å². The molecule has 0 bridgehead atoms. The summed E-state index contributed by atoms with van der Waals surface area (Å²) in [6, 6.07) is 0.827. The molecule has 1 saturated carbocycles. The zero-order chi connectivity index (χ0) is 18.4. The molecule has 150 valence electrons. The fourth-order valence-corrected chi connectivity index (χ4v) is 5.67. The van der Waals surface area contributed by atoms with Crippen molar-refractivity contribution >= 4 is 6.29 Å². The lowest BCUT2D eigenvalue weighted by Gasteiger charge is -2.56. The predicted octanol–water partition coefficient (Wildman–Crippen LogP) is 3.17. The van der Waals surface area contributed by atoms with Crippen molar-refractivity contribution < 1.29 is 4.79 Å². The third-order valence-electron chi connectivity index (χ3n) is 7.51. The molecule has 0 aromatic heterocycles. The standard InChI is InChI=1S/C20H35N3O.C2H6/c24-16-18-3-9-23(10-4-18)19-13-20(14-19)5-11-22(12-6-20)15-17-1-7-21-8-2-17;1-2/h16-19,21H,1-15H2;1-2H3. The van der Waals surface area contributed by atoms with E-state index in [9.17, 15) is 4.79 Å². The van der Waals surface area contributed by atoms with Crippen LogP contribution in [-0.2, 0) is 4.79 Å². The van der Waals surface area contributed by atoms with E-state index in [0.717, 1.165) is 37.9 Å². The molecule has 3 heterocycles. The molecule has 0 aromatic rings. The number of nitrogens with zero attached hydrogens (tertiary/aromatic N) is 2. The van der Waals surface area contributed by atoms with E-state index in [-0.39, 0.29) is 0 Å². The summed E-state index contributed by atoms with van der Waals surface area (Å²) in [4.78, 5) is 16.4. The van der Waals surface area contributed by atoms with Crippen molar-refractivity contribution in [3.63, 3.8) is 0 Å². The molecule has 0 radical (unpaired) electrons. The Balaban J connectivity index is 0.000000948. The molecule has 1 spiro atoms. The molecule has 3 saturated heterocycles. The maximum atomic E-state index is 10.9. The van der Waals surface area contributed by atoms with Crippen molar-refractivity contribution in [2.24, 2.45) is 17.3 Å². The van der Waals surface area contributed by atoms with Gasteiger partial charge in [0.25, 0.3) is 0 Å². The molecule has 4 nitrogen and oxygen atoms in total. The van der Waals surface area contributed by atoms with Crippen molar-refractivity contribution in [1.82, 2.24) is 15.1 Å². The van der Waals surface area contributed by atoms with Gasteiger partial charge in [0, 0.05) is 18.5 Å². The van der Waals surface area contributed by atoms with E-state index < -0.39 is 0 Å². The number of hydrogen-bond donors (Lipinski definition) is 1. The summed E-state index contributed by atoms with van der Waals surface area (Å²) in [5.74, 6) is 1.28. The maximum Gasteiger partial charge on any atom is 0.123 e. The van der Waals surface area contributed by atoms with Crippen molar-refractivity contribution in [2.75, 3.05) is 45.8 Å². The number of carbonyl (C=O) groups excluding carboxylic acids is 1. The zero-order valence-corrected chi connectivity index (χ0v) is 17.2. The molecule has 3 aliphatic heterocycles. The quantitative estimate of drug-likeness (QED) is 0.778. The average Bonchev–Trinajstić information content (AvgIpc) is 2.69. The van der Waals surface area contributed by atoms with Gasteiger partial charge < -0.3 is 19.9 Å². The summed E-state index contributed by atoms with van der Waals surface area (Å²) in [5, 5.41) is 3.48. The third-order valence-corrected chi connectivity index (χ3v) is 7.51. The van der Waals surface area contributed by atoms with E-state index in [0.29, 0.717) is 11.3 Å². The van der Waals surface area contributed by atoms with Gasteiger partial charge in [0.1, 0.15) is 6.29 Å². The van der Waals surface area contributed by atoms with Crippen LogP contribution in [0.15, 0.2) is 0 Å². The van der Waals surface area contributed by atoms with Crippen molar-refractivity contribution in [1.29, 1.82) is 0 Å². The Hall–Kier alpha value is -0.450. The van der Waals surface area contributed by atoms with Crippen LogP contribution in [-0.4, -0.2) is 67.9 Å². The molecule has 0 aromatic carbocycles. The summed E-state index contributed by atoms with van der Waals surface area (Å²) in [6.07, 6.45) is 11.8. The normalized spacial score (nSPS) is 29.0. The SMILES string of the molecule is CC.O=CC1CCN(C2CC3(CCN(CC4CCNCC4)CC3)C2)CC1. The van der Waals surface area contributed by atoms with Crippen LogP contribution in [0.5, 0.6) is 0 Å². The molecule has 4 heteroatoms. The lowest BCUT2D eigenvalue weighted by molar-refractivity contribution is -0.113. The molecule has 0 atom stereocenters. The van der Waals surface area contributed by atoms with Crippen LogP contribution in [0.25, 0.3) is 0 Å². The second-order valence-corrected chi connectivity index (χ2v) is 9.07. The Morgan fingerprint density at radius 1 is 0.962 bits per heavy atom. The maximum absolute atomic E-state index is 10.9. The van der Waals surface area contributed by atoms with Crippen molar-refractivity contribution in [3.8, 4) is 0 Å². The van der Waals surface area contributed by atoms with Crippen molar-refractivity contribution in [2.45, 2.75) is 71.3 Å². The zero-order valence-electron chi connectivity index (χ0n) is 17.2. The van der Waals surface area contributed by atoms with Crippen LogP contribution >= 0.6 is 0 Å². The summed E-state index contributed by atoms with van der Waals surface area (Å²) in [6.45, 7) is 12.8. The molecule has 4 rings (SSSR count). The van der Waals surface area contributed by atoms with Gasteiger partial charge in [-0.15, -0.1) is 0 Å². The highest BCUT2D eigenvalue weighted by Crippen LogP contribution is 2.51. The number of nitrogens with one attached hydrogen (secondary N) is 1. The van der Waals surface area contributed by atoms with Gasteiger partial charge in [0.2, 0.25) is 0 Å². The van der Waals surface area contributed by atoms with E-state index >= 15 is 0 Å². The molecule has 26 heavy (non-hydrogen) atoms. The molecular weight excluding hydrogens is 322 g/mol. The highest BCUT2D eigenvalue weighted by molar-refractivity contribution is 5.53. The van der Waals surface area contributed by atoms with Crippen LogP contribution in [0.1, 0.15) is 65.2 Å². The first-order valence-electron chi connectivity index (χ1n) is 11.4. The molecule has 1 N–H and O–H groups in total. The summed E-state index contributed by atoms with van der Waals surface area (Å²) < 4.78 is 0. The van der Waals surface area contributed by atoms with Gasteiger partial charge in [0.15, 0.2) is 0 Å². The largest absolute Gasteiger partial charge is 0.317 e. The van der Waals surface area contributed by atoms with Gasteiger partial charge in [-0.05, 0) is 102 Å². The first-order valence-corrected chi connectivity index (χ1v) is 11.4. The Morgan fingerprint density at radius 3 is 2.15 bits per heavy atom. The molecule has 1 aliphatic carbocycles. The van der Waals surface area contributed by atoms with E-state index in [4.69, 9.17) is 0 Å². The number of rotatable bonds is 4. The topological polar surface area (TPSA) is 35.6 Å². The van der Waals surface area contributed by atoms with Crippen molar-refractivity contribution in [3.05, 3.63) is 0 Å². The molecule has 0 amide bonds. The minimum Gasteiger partial charge on any atom is -0.317 e. The number of aldehydes is 1. The first kappa shape index (κ1) is 20.3. The Kier molecular flexibility index (Phi) is 7.54. The summed E-state index contributed by atoms with van der Waals surface area (Å²) in [7, 11) is 0. The first-order chi connectivity index (χ1) is 12.8. The lowest BCUT2D eigenvalue weighted by Crippen LogP contribution is -2.56. The van der Waals surface area contributed by atoms with Crippen LogP contribution < -0.4 is 5.32 Å². The van der Waals surface area contributed by atoms with E-state index in [1.165, 1.54) is 77.5 Å². The van der Waals surface area contributed by atoms with Crippen LogP contribution in [0.4, 0.5) is 0 Å². The molecular formula is C22H41N3O. The van der Waals surface area contributed by atoms with Gasteiger partial charge in [-0.3, -0.25) is 0 Å². The minimum atomic E-state index is 0.341. The van der Waals surface area contributed by atoms with Crippen LogP contribution in [0, 0.1) is 17.3 Å². The van der Waals surface area contributed by atoms with Gasteiger partial charge in [-0.25, -0.2) is 0 Å². The van der Waals surface area contributed by atoms with Gasteiger partial charge >= 0.3 is 0 Å². The highest BCUT2D eigenvalue weighted by atomic mass is 16.1. The van der Waals surface area contributed by atoms with E-state index in [2.05, 4.69) is 15.1 Å². The highest BCUT2D eigenvalue weighted by Gasteiger charge is 2.48. The van der Waals surface area contributed by atoms with Crippen LogP contribution in [0.2, 0.25) is 0 Å². The summed E-state index contributed by atoms with van der Waals surface area (Å²) >= 11 is 0. The molecule has 4 fully saturated rings. The lowest BCUT2D eigenvalue weighted by atomic mass is 9.59. The average molecular weight is 364 g/mol. The molecule has 0 unspecified atom stereocenters. The number of carbonyl (C=O) groups is 1. The fourth-order valence-electron chi connectivity index (χ4n) is 5.67. The van der Waals surface area contributed by atoms with E-state index in [1.807, 2.05) is 13.8 Å². The van der Waals surface area contributed by atoms with Crippen LogP contribution in [0.3, 0.4) is 0 Å². The monoisotopic (exact) mass is 363 g/mol. The number of hydrogen-bond acceptors (Lipinski definition) is 4. The second kappa shape index (κ2) is 9.66. The number of piperidine rings is 3. The predicted molar refractivity (Wildman–Crippen MR) is 108 cm³/mol. The Bertz CT molecular complexity index is 411. The minimum absolute atomic E-state index is 0.341. The Morgan fingerprint density at radius 2 is 1.58 bits per heavy atom. The van der Waals surface area contributed by atoms with Gasteiger partial charge in [0.05, 0.1) is 0 Å². The van der Waals surface area contributed by atoms with E-state index in [1.54, 1.807) is 0 Å². The summed E-state index contributed by atoms with van der Waals surface area (Å²) in [5.41, 5.74) is 0.677. The number of likely N-dealkylation sites (tertiary alicyclic amines) is 2. The van der Waals surface area contributed by atoms with Gasteiger partial charge in [-0.2, -0.15) is 0 Å². The fraction of sp³-hybridized carbons (Fsp3) is 0.955.